The fourth-order valence-corrected chi connectivity index (χ4v) is 8.51. The van der Waals surface area contributed by atoms with Gasteiger partial charge in [-0.25, -0.2) is 31.6 Å². The number of para-hydroxylation sites is 2. The molecule has 6 aromatic carbocycles. The van der Waals surface area contributed by atoms with E-state index in [1.165, 1.54) is 0 Å². The van der Waals surface area contributed by atoms with Crippen LogP contribution in [0.4, 0.5) is 11.4 Å². The lowest BCUT2D eigenvalue weighted by molar-refractivity contribution is 0.0699. The zero-order valence-electron chi connectivity index (χ0n) is 40.1. The predicted molar refractivity (Wildman–Crippen MR) is 281 cm³/mol. The molecular weight excluding hydrogens is 944 g/mol. The molecule has 0 aliphatic carbocycles. The first-order chi connectivity index (χ1) is 34.2. The molecule has 8 rings (SSSR count). The summed E-state index contributed by atoms with van der Waals surface area (Å²) in [7, 11) is -7.18. The van der Waals surface area contributed by atoms with E-state index in [0.717, 1.165) is 23.6 Å². The van der Waals surface area contributed by atoms with Crippen LogP contribution in [0.15, 0.2) is 170 Å². The zero-order valence-corrected chi connectivity index (χ0v) is 40.7. The number of hydrogen-bond donors (Lipinski definition) is 8. The molecule has 0 fully saturated rings. The molecule has 1 radical (unpaired) electrons. The van der Waals surface area contributed by atoms with Crippen molar-refractivity contribution in [1.29, 1.82) is 1.34 Å². The molecule has 19 heteroatoms. The van der Waals surface area contributed by atoms with E-state index in [2.05, 4.69) is 24.7 Å². The first kappa shape index (κ1) is 52.8. The minimum atomic E-state index is -3.75. The molecule has 71 heavy (non-hydrogen) atoms. The summed E-state index contributed by atoms with van der Waals surface area (Å²) in [6, 6.07) is 49.4. The second-order valence-corrected chi connectivity index (χ2v) is 19.5. The number of nitrogens with two attached hydrogens (primary N) is 1. The van der Waals surface area contributed by atoms with Crippen LogP contribution in [0, 0.1) is 0 Å². The number of aromatic carboxylic acids is 1. The van der Waals surface area contributed by atoms with Crippen LogP contribution < -0.4 is 20.5 Å². The van der Waals surface area contributed by atoms with Crippen LogP contribution in [-0.4, -0.2) is 93.1 Å². The van der Waals surface area contributed by atoms with Crippen LogP contribution in [-0.2, 0) is 20.0 Å². The molecule has 0 saturated heterocycles. The van der Waals surface area contributed by atoms with Gasteiger partial charge >= 0.3 is 5.97 Å². The summed E-state index contributed by atoms with van der Waals surface area (Å²) in [5.74, 6) is -1.76. The lowest BCUT2D eigenvalue weighted by Gasteiger charge is -2.24. The number of carbonyl (C=O) groups excluding carboxylic acids is 1. The second-order valence-electron chi connectivity index (χ2n) is 16.0. The van der Waals surface area contributed by atoms with Crippen molar-refractivity contribution < 1.29 is 46.8 Å². The lowest BCUT2D eigenvalue weighted by Crippen LogP contribution is -2.35. The maximum atomic E-state index is 13.8. The van der Waals surface area contributed by atoms with Crippen LogP contribution in [0.1, 0.15) is 57.8 Å². The fraction of sp³-hybridized carbons (Fsp3) is 0.154. The summed E-state index contributed by atoms with van der Waals surface area (Å²) < 4.78 is 58.7. The molecule has 2 heterocycles. The minimum Gasteiger partial charge on any atom is -0.478 e. The summed E-state index contributed by atoms with van der Waals surface area (Å²) in [5.41, 5.74) is 10.4. The number of aromatic nitrogens is 2. The van der Waals surface area contributed by atoms with Gasteiger partial charge in [0, 0.05) is 23.2 Å². The number of anilines is 2. The summed E-state index contributed by atoms with van der Waals surface area (Å²) >= 11 is 0. The minimum absolute atomic E-state index is 0.0325. The number of nitrogens with zero attached hydrogens (tertiary/aromatic N) is 2. The van der Waals surface area contributed by atoms with Crippen LogP contribution in [0.2, 0.25) is 0 Å². The normalized spacial score (nSPS) is 12.9. The van der Waals surface area contributed by atoms with E-state index >= 15 is 0 Å². The van der Waals surface area contributed by atoms with Gasteiger partial charge in [0.15, 0.2) is 0 Å². The van der Waals surface area contributed by atoms with Crippen molar-refractivity contribution in [1.82, 2.24) is 15.3 Å². The Hall–Kier alpha value is -7.52. The fourth-order valence-electron chi connectivity index (χ4n) is 7.37. The first-order valence-corrected chi connectivity index (χ1v) is 25.5. The van der Waals surface area contributed by atoms with E-state index < -0.39 is 50.2 Å². The number of rotatable bonds is 13. The Labute approximate surface area is 415 Å². The number of nitrogens with one attached hydrogen (secondary N) is 3. The van der Waals surface area contributed by atoms with Gasteiger partial charge in [-0.1, -0.05) is 158 Å². The molecule has 0 saturated carbocycles. The topological polar surface area (TPSA) is 271 Å². The molecular formula is C52H54BN6O10S2. The zero-order chi connectivity index (χ0) is 52.6. The van der Waals surface area contributed by atoms with E-state index in [1.807, 2.05) is 84.9 Å². The van der Waals surface area contributed by atoms with E-state index in [9.17, 15) is 36.6 Å². The van der Waals surface area contributed by atoms with Crippen molar-refractivity contribution in [3.05, 3.63) is 192 Å². The second kappa shape index (κ2) is 24.9. The highest BCUT2D eigenvalue weighted by Gasteiger charge is 2.28. The molecule has 9 N–H and O–H groups in total. The number of benzene rings is 6. The van der Waals surface area contributed by atoms with Crippen molar-refractivity contribution in [3.8, 4) is 22.5 Å². The van der Waals surface area contributed by atoms with Crippen molar-refractivity contribution in [2.75, 3.05) is 22.0 Å². The average Bonchev–Trinajstić information content (AvgIpc) is 3.35. The Morgan fingerprint density at radius 3 is 1.31 bits per heavy atom. The summed E-state index contributed by atoms with van der Waals surface area (Å²) in [5, 5.41) is 40.1. The lowest BCUT2D eigenvalue weighted by atomic mass is 9.98. The van der Waals surface area contributed by atoms with Gasteiger partial charge in [0.05, 0.1) is 81.7 Å². The number of aliphatic hydroxyl groups is 2. The number of sulfonamides is 2. The highest BCUT2D eigenvalue weighted by molar-refractivity contribution is 7.92. The van der Waals surface area contributed by atoms with E-state index in [4.69, 9.17) is 17.2 Å². The molecule has 8 aromatic rings. The summed E-state index contributed by atoms with van der Waals surface area (Å²) in [6.07, 6.45) is 0.626. The highest BCUT2D eigenvalue weighted by Crippen LogP contribution is 2.37. The van der Waals surface area contributed by atoms with Crippen molar-refractivity contribution in [3.63, 3.8) is 0 Å². The number of carbonyl (C=O) groups is 2. The van der Waals surface area contributed by atoms with Gasteiger partial charge in [-0.15, -0.1) is 0 Å². The largest absolute Gasteiger partial charge is 0.478 e. The number of carboxylic acids is 1. The smallest absolute Gasteiger partial charge is 0.338 e. The van der Waals surface area contributed by atoms with Gasteiger partial charge in [0.25, 0.3) is 13.9 Å². The summed E-state index contributed by atoms with van der Waals surface area (Å²) in [4.78, 5) is 34.8. The molecule has 0 bridgehead atoms. The van der Waals surface area contributed by atoms with Crippen LogP contribution in [0.5, 0.6) is 0 Å². The van der Waals surface area contributed by atoms with E-state index in [0.29, 0.717) is 38.6 Å². The summed E-state index contributed by atoms with van der Waals surface area (Å²) in [6.45, 7) is 3.28. The predicted octanol–water partition coefficient (Wildman–Crippen LogP) is 6.96. The molecule has 367 valence electrons. The molecule has 0 aliphatic rings. The molecule has 4 atom stereocenters. The Morgan fingerprint density at radius 2 is 0.930 bits per heavy atom. The standard InChI is InChI=1S/C26H25N3O4S.C17H14N2O4S.C9H13NO.BH2O/c1-17(30)23(18-11-5-3-6-12-18)28-26(31)22-20-15-9-10-16-21(20)27-24(19-13-7-4-8-14-19)25(22)29-34(2,32)33;1-24(22,23)19-16-14(17(20)21)12-9-5-6-10-13(12)18-15(16)11-7-3-2-4-8-11;1-7(11)9(10)8-5-3-2-4-6-8;1-2/h3-17,23,29-30H,1-2H3,(H,28,31);2-10,19H,1H3,(H,20,21);2-7,9,11H,10H2,1H3;1-2H/t17-,23-;;7-,9-;/m0.0./s1/i;;;1T. The third-order valence-corrected chi connectivity index (χ3v) is 11.7. The highest BCUT2D eigenvalue weighted by atomic mass is 32.2. The molecule has 16 nitrogen and oxygen atoms in total. The van der Waals surface area contributed by atoms with Crippen molar-refractivity contribution >= 4 is 73.1 Å². The molecule has 1 amide bonds. The Bertz CT molecular complexity index is 3310. The number of carboxylic acid groups (broad SMARTS) is 1. The van der Waals surface area contributed by atoms with Gasteiger partial charge in [0.1, 0.15) is 0 Å². The Morgan fingerprint density at radius 1 is 0.577 bits per heavy atom. The Kier molecular flexibility index (Phi) is 18.5. The number of amides is 1. The first-order valence-electron chi connectivity index (χ1n) is 22.3. The van der Waals surface area contributed by atoms with Crippen molar-refractivity contribution in [2.45, 2.75) is 38.1 Å². The van der Waals surface area contributed by atoms with Crippen LogP contribution in [0.25, 0.3) is 44.3 Å². The third kappa shape index (κ3) is 14.8. The maximum absolute atomic E-state index is 13.8. The number of fused-ring (bicyclic) bond motifs is 2. The number of pyridine rings is 2. The SMILES string of the molecule is CS(=O)(=O)Nc1c(-c2ccccc2)nc2ccccc2c1C(=O)O.C[C@H](O)[C@H](N)c1ccccc1.C[C@H](O)[C@H](NC(=O)c1c(NS(C)(=O)=O)c(-c2ccccc2)nc2ccccc12)c1ccccc1.[3H][B]O. The quantitative estimate of drug-likeness (QED) is 0.0544. The third-order valence-electron chi connectivity index (χ3n) is 10.5. The van der Waals surface area contributed by atoms with Gasteiger partial charge in [-0.2, -0.15) is 0 Å². The molecule has 0 aliphatic heterocycles. The van der Waals surface area contributed by atoms with Gasteiger partial charge < -0.3 is 31.4 Å². The van der Waals surface area contributed by atoms with Crippen molar-refractivity contribution in [2.24, 2.45) is 5.73 Å². The van der Waals surface area contributed by atoms with Crippen LogP contribution in [0.3, 0.4) is 0 Å². The van der Waals surface area contributed by atoms with Gasteiger partial charge in [-0.05, 0) is 37.1 Å². The molecule has 0 spiro atoms. The van der Waals surface area contributed by atoms with Gasteiger partial charge in [0.2, 0.25) is 20.0 Å². The number of hydrogen-bond acceptors (Lipinski definition) is 12. The number of aliphatic hydroxyl groups excluding tert-OH is 2. The molecule has 0 unspecified atom stereocenters. The van der Waals surface area contributed by atoms with E-state index in [-0.39, 0.29) is 42.2 Å². The molecule has 2 aromatic heterocycles. The Balaban J connectivity index is 0.000000218. The van der Waals surface area contributed by atoms with E-state index in [1.54, 1.807) is 98.8 Å². The monoisotopic (exact) mass is 999 g/mol. The average molecular weight is 1000 g/mol. The maximum Gasteiger partial charge on any atom is 0.338 e. The van der Waals surface area contributed by atoms with Crippen LogP contribution >= 0.6 is 0 Å². The van der Waals surface area contributed by atoms with Gasteiger partial charge in [-0.3, -0.25) is 14.2 Å².